The molecule has 152 valence electrons. The van der Waals surface area contributed by atoms with Crippen LogP contribution in [0.2, 0.25) is 0 Å². The molecular weight excluding hydrogens is 350 g/mol. The first-order chi connectivity index (χ1) is 13.5. The molecule has 1 aromatic carbocycles. The molecule has 3 fully saturated rings. The van der Waals surface area contributed by atoms with Crippen LogP contribution in [0.4, 0.5) is 0 Å². The Kier molecular flexibility index (Phi) is 5.50. The molecule has 2 aliphatic carbocycles. The Bertz CT molecular complexity index is 745. The van der Waals surface area contributed by atoms with E-state index in [1.807, 2.05) is 18.2 Å². The number of carbonyl (C=O) groups is 1. The van der Waals surface area contributed by atoms with E-state index in [9.17, 15) is 4.79 Å². The predicted molar refractivity (Wildman–Crippen MR) is 109 cm³/mol. The van der Waals surface area contributed by atoms with E-state index in [-0.39, 0.29) is 23.4 Å². The van der Waals surface area contributed by atoms with Crippen molar-refractivity contribution >= 4 is 5.97 Å². The molecule has 4 heteroatoms. The van der Waals surface area contributed by atoms with Gasteiger partial charge in [0.05, 0.1) is 20.2 Å². The molecule has 1 saturated heterocycles. The number of methoxy groups -OCH3 is 1. The van der Waals surface area contributed by atoms with Crippen LogP contribution in [-0.4, -0.2) is 32.3 Å². The summed E-state index contributed by atoms with van der Waals surface area (Å²) in [7, 11) is 1.72. The molecule has 0 unspecified atom stereocenters. The van der Waals surface area contributed by atoms with E-state index in [0.29, 0.717) is 11.8 Å². The van der Waals surface area contributed by atoms with Crippen molar-refractivity contribution in [1.82, 2.24) is 0 Å². The molecule has 0 aromatic heterocycles. The smallest absolute Gasteiger partial charge is 0.315 e. The van der Waals surface area contributed by atoms with Gasteiger partial charge in [-0.15, -0.1) is 0 Å². The van der Waals surface area contributed by atoms with Crippen molar-refractivity contribution in [3.05, 3.63) is 42.0 Å². The van der Waals surface area contributed by atoms with Crippen molar-refractivity contribution in [2.45, 2.75) is 51.6 Å². The van der Waals surface area contributed by atoms with Gasteiger partial charge in [-0.1, -0.05) is 37.3 Å². The van der Waals surface area contributed by atoms with E-state index in [1.54, 1.807) is 7.11 Å². The van der Waals surface area contributed by atoms with Crippen molar-refractivity contribution < 1.29 is 19.6 Å². The number of benzene rings is 1. The second-order valence-electron chi connectivity index (χ2n) is 9.28. The molecule has 28 heavy (non-hydrogen) atoms. The van der Waals surface area contributed by atoms with Gasteiger partial charge in [-0.2, -0.15) is 0 Å². The number of esters is 1. The summed E-state index contributed by atoms with van der Waals surface area (Å²) < 4.78 is 11.3. The topological polar surface area (TPSA) is 52.1 Å². The van der Waals surface area contributed by atoms with E-state index < -0.39 is 0 Å². The summed E-state index contributed by atoms with van der Waals surface area (Å²) in [6, 6.07) is 8.16. The fourth-order valence-corrected chi connectivity index (χ4v) is 5.99. The zero-order chi connectivity index (χ0) is 19.7. The van der Waals surface area contributed by atoms with Crippen LogP contribution in [-0.2, 0) is 16.0 Å². The van der Waals surface area contributed by atoms with Crippen LogP contribution in [0, 0.1) is 23.2 Å². The number of hydrogen-bond acceptors (Lipinski definition) is 3. The second-order valence-corrected chi connectivity index (χ2v) is 9.28. The highest BCUT2D eigenvalue weighted by Gasteiger charge is 2.55. The van der Waals surface area contributed by atoms with Crippen LogP contribution in [0.15, 0.2) is 36.4 Å². The van der Waals surface area contributed by atoms with Crippen molar-refractivity contribution in [2.24, 2.45) is 23.2 Å². The third-order valence-electron chi connectivity index (χ3n) is 7.55. The number of fused-ring (bicyclic) bond motifs is 2. The van der Waals surface area contributed by atoms with Gasteiger partial charge in [0, 0.05) is 12.3 Å². The van der Waals surface area contributed by atoms with Crippen LogP contribution in [0.25, 0.3) is 0 Å². The molecule has 0 amide bonds. The van der Waals surface area contributed by atoms with Crippen molar-refractivity contribution in [3.8, 4) is 5.75 Å². The molecule has 4 rings (SSSR count). The number of hydrogen-bond donors (Lipinski definition) is 1. The van der Waals surface area contributed by atoms with E-state index in [4.69, 9.17) is 9.47 Å². The Labute approximate surface area is 168 Å². The highest BCUT2D eigenvalue weighted by Crippen LogP contribution is 2.56. The lowest BCUT2D eigenvalue weighted by molar-refractivity contribution is -0.658. The average Bonchev–Trinajstić information content (AvgIpc) is 2.97. The van der Waals surface area contributed by atoms with Crippen molar-refractivity contribution in [1.29, 1.82) is 0 Å². The minimum absolute atomic E-state index is 0.0244. The van der Waals surface area contributed by atoms with E-state index in [1.165, 1.54) is 24.0 Å². The van der Waals surface area contributed by atoms with Gasteiger partial charge in [-0.25, -0.2) is 0 Å². The number of rotatable bonds is 6. The highest BCUT2D eigenvalue weighted by atomic mass is 16.6. The van der Waals surface area contributed by atoms with Crippen LogP contribution in [0.1, 0.15) is 44.6 Å². The number of nitrogens with two attached hydrogens (primary N) is 1. The summed E-state index contributed by atoms with van der Waals surface area (Å²) in [5.74, 6) is 1.92. The van der Waals surface area contributed by atoms with Gasteiger partial charge in [-0.3, -0.25) is 4.79 Å². The summed E-state index contributed by atoms with van der Waals surface area (Å²) in [4.78, 5) is 12.6. The maximum Gasteiger partial charge on any atom is 0.315 e. The molecule has 0 spiro atoms. The monoisotopic (exact) mass is 384 g/mol. The van der Waals surface area contributed by atoms with Gasteiger partial charge in [0.15, 0.2) is 0 Å². The number of para-hydroxylation sites is 1. The molecule has 1 aliphatic heterocycles. The Balaban J connectivity index is 1.35. The van der Waals surface area contributed by atoms with E-state index in [2.05, 4.69) is 24.9 Å². The van der Waals surface area contributed by atoms with Gasteiger partial charge < -0.3 is 14.8 Å². The summed E-state index contributed by atoms with van der Waals surface area (Å²) in [5.41, 5.74) is 2.91. The minimum Gasteiger partial charge on any atom is -0.496 e. The minimum atomic E-state index is 0.0244. The number of ether oxygens (including phenoxy) is 2. The lowest BCUT2D eigenvalue weighted by Crippen LogP contribution is -2.86. The normalized spacial score (nSPS) is 34.5. The van der Waals surface area contributed by atoms with Gasteiger partial charge >= 0.3 is 5.97 Å². The highest BCUT2D eigenvalue weighted by molar-refractivity contribution is 5.75. The summed E-state index contributed by atoms with van der Waals surface area (Å²) >= 11 is 0. The molecule has 0 bridgehead atoms. The summed E-state index contributed by atoms with van der Waals surface area (Å²) in [6.07, 6.45) is 6.79. The molecule has 4 nitrogen and oxygen atoms in total. The fraction of sp³-hybridized carbons (Fsp3) is 0.625. The molecule has 2 saturated carbocycles. The molecule has 0 radical (unpaired) electrons. The van der Waals surface area contributed by atoms with Crippen molar-refractivity contribution in [3.63, 3.8) is 0 Å². The number of quaternary nitrogens is 1. The van der Waals surface area contributed by atoms with Gasteiger partial charge in [0.25, 0.3) is 0 Å². The Morgan fingerprint density at radius 1 is 1.36 bits per heavy atom. The Morgan fingerprint density at radius 2 is 2.18 bits per heavy atom. The molecule has 1 aromatic rings. The first-order valence-corrected chi connectivity index (χ1v) is 10.8. The van der Waals surface area contributed by atoms with Crippen LogP contribution in [0.3, 0.4) is 0 Å². The largest absolute Gasteiger partial charge is 0.496 e. The van der Waals surface area contributed by atoms with Crippen LogP contribution < -0.4 is 10.1 Å². The summed E-state index contributed by atoms with van der Waals surface area (Å²) in [6.45, 7) is 8.55. The average molecular weight is 385 g/mol. The Morgan fingerprint density at radius 3 is 3.00 bits per heavy atom. The molecule has 5 atom stereocenters. The number of carbonyl (C=O) groups excluding carboxylic acids is 1. The SMILES string of the molecule is C=C1CCC[C@]2(C)C[C@H]3OC(=O)[C@H](C[NH2+]CCc4ccccc4OC)[C@H]3C[C@@H]12. The third-order valence-corrected chi connectivity index (χ3v) is 7.55. The van der Waals surface area contributed by atoms with Gasteiger partial charge in [-0.05, 0) is 55.1 Å². The van der Waals surface area contributed by atoms with Crippen LogP contribution in [0.5, 0.6) is 5.75 Å². The van der Waals surface area contributed by atoms with Gasteiger partial charge in [0.2, 0.25) is 0 Å². The quantitative estimate of drug-likeness (QED) is 0.466. The van der Waals surface area contributed by atoms with Crippen LogP contribution >= 0.6 is 0 Å². The number of allylic oxidation sites excluding steroid dienone is 1. The summed E-state index contributed by atoms with van der Waals surface area (Å²) in [5, 5.41) is 2.28. The lowest BCUT2D eigenvalue weighted by atomic mass is 9.55. The fourth-order valence-electron chi connectivity index (χ4n) is 5.99. The molecule has 3 aliphatic rings. The molecular formula is C24H34NO3+. The zero-order valence-corrected chi connectivity index (χ0v) is 17.3. The first-order valence-electron chi connectivity index (χ1n) is 10.8. The predicted octanol–water partition coefficient (Wildman–Crippen LogP) is 3.12. The molecule has 1 heterocycles. The van der Waals surface area contributed by atoms with Gasteiger partial charge in [0.1, 0.15) is 17.8 Å². The standard InChI is InChI=1S/C24H33NO3/c1-16-7-6-11-24(2)14-22-18(13-20(16)24)19(23(26)28-22)15-25-12-10-17-8-4-5-9-21(17)27-3/h4-5,8-9,18-20,22,25H,1,6-7,10-15H2,2-3H3/p+1/t18-,19-,20+,22-,24-/m1/s1. The zero-order valence-electron chi connectivity index (χ0n) is 17.3. The first kappa shape index (κ1) is 19.5. The van der Waals surface area contributed by atoms with E-state index in [0.717, 1.165) is 44.5 Å². The third kappa shape index (κ3) is 3.59. The maximum absolute atomic E-state index is 12.6. The lowest BCUT2D eigenvalue weighted by Gasteiger charge is -2.49. The van der Waals surface area contributed by atoms with E-state index >= 15 is 0 Å². The maximum atomic E-state index is 12.6. The Hall–Kier alpha value is -1.81. The van der Waals surface area contributed by atoms with Crippen molar-refractivity contribution in [2.75, 3.05) is 20.2 Å². The second kappa shape index (κ2) is 7.90. The molecule has 2 N–H and O–H groups in total.